The zero-order valence-electron chi connectivity index (χ0n) is 16.4. The molecule has 5 heteroatoms. The van der Waals surface area contributed by atoms with Crippen LogP contribution in [-0.2, 0) is 0 Å². The van der Waals surface area contributed by atoms with E-state index in [1.165, 1.54) is 23.4 Å². The number of rotatable bonds is 4. The Morgan fingerprint density at radius 3 is 2.67 bits per heavy atom. The van der Waals surface area contributed by atoms with Gasteiger partial charge in [-0.25, -0.2) is 5.43 Å². The third kappa shape index (κ3) is 3.97. The molecule has 3 rings (SSSR count). The fourth-order valence-electron chi connectivity index (χ4n) is 4.03. The number of carbonyl (C=O) groups excluding carboxylic acids is 1. The molecule has 0 radical (unpaired) electrons. The molecule has 1 aliphatic heterocycles. The number of nitrogens with zero attached hydrogens (tertiary/aromatic N) is 2. The van der Waals surface area contributed by atoms with Gasteiger partial charge in [0.1, 0.15) is 5.75 Å². The van der Waals surface area contributed by atoms with Gasteiger partial charge in [-0.05, 0) is 80.6 Å². The zero-order chi connectivity index (χ0) is 19.6. The smallest absolute Gasteiger partial charge is 0.271 e. The topological polar surface area (TPSA) is 64.9 Å². The molecule has 1 atom stereocenters. The third-order valence-electron chi connectivity index (χ3n) is 5.24. The molecule has 142 valence electrons. The molecule has 2 aromatic rings. The average Bonchev–Trinajstić information content (AvgIpc) is 2.62. The molecule has 5 nitrogen and oxygen atoms in total. The highest BCUT2D eigenvalue weighted by Crippen LogP contribution is 2.43. The van der Waals surface area contributed by atoms with Gasteiger partial charge in [-0.1, -0.05) is 13.0 Å². The van der Waals surface area contributed by atoms with Gasteiger partial charge in [-0.3, -0.25) is 4.79 Å². The number of aromatic hydroxyl groups is 1. The highest BCUT2D eigenvalue weighted by atomic mass is 16.3. The van der Waals surface area contributed by atoms with Gasteiger partial charge in [0.15, 0.2) is 0 Å². The number of amides is 1. The Bertz CT molecular complexity index is 856. The van der Waals surface area contributed by atoms with Crippen LogP contribution < -0.4 is 10.3 Å². The molecule has 2 aromatic carbocycles. The first-order chi connectivity index (χ1) is 12.8. The lowest BCUT2D eigenvalue weighted by Crippen LogP contribution is -2.48. The lowest BCUT2D eigenvalue weighted by atomic mass is 9.79. The predicted octanol–water partition coefficient (Wildman–Crippen LogP) is 4.27. The van der Waals surface area contributed by atoms with E-state index in [9.17, 15) is 9.90 Å². The Balaban J connectivity index is 1.75. The van der Waals surface area contributed by atoms with Crippen molar-refractivity contribution in [2.24, 2.45) is 5.10 Å². The summed E-state index contributed by atoms with van der Waals surface area (Å²) in [5.41, 5.74) is 6.69. The van der Waals surface area contributed by atoms with Crippen molar-refractivity contribution in [1.82, 2.24) is 5.43 Å². The maximum Gasteiger partial charge on any atom is 0.271 e. The van der Waals surface area contributed by atoms with E-state index >= 15 is 0 Å². The maximum absolute atomic E-state index is 12.1. The summed E-state index contributed by atoms with van der Waals surface area (Å²) >= 11 is 0. The van der Waals surface area contributed by atoms with Gasteiger partial charge in [0.25, 0.3) is 5.91 Å². The molecule has 0 spiro atoms. The minimum atomic E-state index is -0.309. The van der Waals surface area contributed by atoms with Crippen LogP contribution in [0.3, 0.4) is 0 Å². The zero-order valence-corrected chi connectivity index (χ0v) is 16.4. The molecule has 0 aromatic heterocycles. The standard InChI is InChI=1S/C22H27N3O2/c1-5-25-20-11-6-16(12-19(20)15(2)13-22(25,3)4)14-23-24-21(27)17-7-9-18(26)10-8-17/h6-12,14-15,26H,5,13H2,1-4H3,(H,24,27)/b23-14-/t15-/m1/s1. The van der Waals surface area contributed by atoms with Crippen molar-refractivity contribution in [3.05, 3.63) is 59.2 Å². The molecule has 1 amide bonds. The summed E-state index contributed by atoms with van der Waals surface area (Å²) in [6.45, 7) is 10.0. The minimum absolute atomic E-state index is 0.127. The SMILES string of the molecule is CCN1c2ccc(/C=N\NC(=O)c3ccc(O)cc3)cc2[C@H](C)CC1(C)C. The Kier molecular flexibility index (Phi) is 5.22. The van der Waals surface area contributed by atoms with E-state index in [1.807, 2.05) is 6.07 Å². The predicted molar refractivity (Wildman–Crippen MR) is 110 cm³/mol. The van der Waals surface area contributed by atoms with E-state index in [0.29, 0.717) is 11.5 Å². The fourth-order valence-corrected chi connectivity index (χ4v) is 4.03. The van der Waals surface area contributed by atoms with E-state index < -0.39 is 0 Å². The molecular formula is C22H27N3O2. The number of phenolic OH excluding ortho intramolecular Hbond substituents is 1. The van der Waals surface area contributed by atoms with Crippen molar-refractivity contribution >= 4 is 17.8 Å². The number of benzene rings is 2. The molecule has 1 heterocycles. The first kappa shape index (κ1) is 19.0. The van der Waals surface area contributed by atoms with Crippen molar-refractivity contribution in [1.29, 1.82) is 0 Å². The van der Waals surface area contributed by atoms with Crippen LogP contribution in [0, 0.1) is 0 Å². The van der Waals surface area contributed by atoms with Gasteiger partial charge in [-0.2, -0.15) is 5.10 Å². The lowest BCUT2D eigenvalue weighted by molar-refractivity contribution is 0.0955. The minimum Gasteiger partial charge on any atom is -0.508 e. The summed E-state index contributed by atoms with van der Waals surface area (Å²) < 4.78 is 0. The fraction of sp³-hybridized carbons (Fsp3) is 0.364. The van der Waals surface area contributed by atoms with Crippen molar-refractivity contribution in [3.8, 4) is 5.75 Å². The van der Waals surface area contributed by atoms with Crippen LogP contribution in [-0.4, -0.2) is 29.3 Å². The van der Waals surface area contributed by atoms with E-state index in [0.717, 1.165) is 18.5 Å². The highest BCUT2D eigenvalue weighted by Gasteiger charge is 2.35. The summed E-state index contributed by atoms with van der Waals surface area (Å²) in [6, 6.07) is 12.4. The van der Waals surface area contributed by atoms with Crippen LogP contribution in [0.1, 0.15) is 61.5 Å². The van der Waals surface area contributed by atoms with Crippen molar-refractivity contribution < 1.29 is 9.90 Å². The number of hydrogen-bond donors (Lipinski definition) is 2. The first-order valence-electron chi connectivity index (χ1n) is 9.36. The molecule has 1 aliphatic rings. The van der Waals surface area contributed by atoms with Gasteiger partial charge in [0.2, 0.25) is 0 Å². The molecule has 0 saturated heterocycles. The Hall–Kier alpha value is -2.82. The lowest BCUT2D eigenvalue weighted by Gasteiger charge is -2.47. The summed E-state index contributed by atoms with van der Waals surface area (Å²) in [4.78, 5) is 14.5. The summed E-state index contributed by atoms with van der Waals surface area (Å²) in [6.07, 6.45) is 2.77. The first-order valence-corrected chi connectivity index (χ1v) is 9.36. The molecule has 0 unspecified atom stereocenters. The van der Waals surface area contributed by atoms with Crippen LogP contribution in [0.5, 0.6) is 5.75 Å². The second kappa shape index (κ2) is 7.43. The second-order valence-electron chi connectivity index (χ2n) is 7.73. The van der Waals surface area contributed by atoms with Crippen LogP contribution in [0.4, 0.5) is 5.69 Å². The summed E-state index contributed by atoms with van der Waals surface area (Å²) in [5.74, 6) is 0.289. The average molecular weight is 365 g/mol. The van der Waals surface area contributed by atoms with Crippen molar-refractivity contribution in [2.45, 2.75) is 45.6 Å². The Morgan fingerprint density at radius 1 is 1.30 bits per heavy atom. The van der Waals surface area contributed by atoms with E-state index in [4.69, 9.17) is 0 Å². The van der Waals surface area contributed by atoms with E-state index in [2.05, 4.69) is 55.3 Å². The number of hydrazone groups is 1. The summed E-state index contributed by atoms with van der Waals surface area (Å²) in [5, 5.41) is 13.4. The highest BCUT2D eigenvalue weighted by molar-refractivity contribution is 5.95. The number of carbonyl (C=O) groups is 1. The molecular weight excluding hydrogens is 338 g/mol. The number of hydrogen-bond acceptors (Lipinski definition) is 4. The normalized spacial score (nSPS) is 18.4. The molecule has 0 saturated carbocycles. The number of anilines is 1. The van der Waals surface area contributed by atoms with Gasteiger partial charge < -0.3 is 10.0 Å². The van der Waals surface area contributed by atoms with Crippen LogP contribution in [0.25, 0.3) is 0 Å². The van der Waals surface area contributed by atoms with Crippen LogP contribution in [0.2, 0.25) is 0 Å². The van der Waals surface area contributed by atoms with E-state index in [1.54, 1.807) is 18.3 Å². The molecule has 2 N–H and O–H groups in total. The molecule has 27 heavy (non-hydrogen) atoms. The van der Waals surface area contributed by atoms with Crippen LogP contribution in [0.15, 0.2) is 47.6 Å². The quantitative estimate of drug-likeness (QED) is 0.628. The number of phenols is 1. The Morgan fingerprint density at radius 2 is 2.00 bits per heavy atom. The van der Waals surface area contributed by atoms with Gasteiger partial charge in [-0.15, -0.1) is 0 Å². The molecule has 0 fully saturated rings. The monoisotopic (exact) mass is 365 g/mol. The number of fused-ring (bicyclic) bond motifs is 1. The van der Waals surface area contributed by atoms with Gasteiger partial charge >= 0.3 is 0 Å². The van der Waals surface area contributed by atoms with E-state index in [-0.39, 0.29) is 17.2 Å². The van der Waals surface area contributed by atoms with Crippen molar-refractivity contribution in [3.63, 3.8) is 0 Å². The van der Waals surface area contributed by atoms with Crippen LogP contribution >= 0.6 is 0 Å². The molecule has 0 bridgehead atoms. The maximum atomic E-state index is 12.1. The Labute approximate surface area is 160 Å². The third-order valence-corrected chi connectivity index (χ3v) is 5.24. The van der Waals surface area contributed by atoms with Gasteiger partial charge in [0, 0.05) is 23.3 Å². The largest absolute Gasteiger partial charge is 0.508 e. The second-order valence-corrected chi connectivity index (χ2v) is 7.73. The van der Waals surface area contributed by atoms with Crippen molar-refractivity contribution in [2.75, 3.05) is 11.4 Å². The molecule has 0 aliphatic carbocycles. The number of nitrogens with one attached hydrogen (secondary N) is 1. The van der Waals surface area contributed by atoms with Gasteiger partial charge in [0.05, 0.1) is 6.21 Å². The summed E-state index contributed by atoms with van der Waals surface area (Å²) in [7, 11) is 0.